The van der Waals surface area contributed by atoms with Crippen LogP contribution in [0.4, 0.5) is 5.69 Å². The molecule has 0 fully saturated rings. The third-order valence-electron chi connectivity index (χ3n) is 2.79. The number of pyridine rings is 1. The molecule has 1 aromatic carbocycles. The summed E-state index contributed by atoms with van der Waals surface area (Å²) in [7, 11) is -3.68. The minimum absolute atomic E-state index is 0.164. The predicted octanol–water partition coefficient (Wildman–Crippen LogP) is 2.41. The summed E-state index contributed by atoms with van der Waals surface area (Å²) >= 11 is 3.25. The van der Waals surface area contributed by atoms with Crippen molar-refractivity contribution in [1.82, 2.24) is 4.98 Å². The van der Waals surface area contributed by atoms with Gasteiger partial charge in [0.2, 0.25) is 0 Å². The van der Waals surface area contributed by atoms with Gasteiger partial charge in [0.25, 0.3) is 10.0 Å². The zero-order valence-electron chi connectivity index (χ0n) is 10.8. The summed E-state index contributed by atoms with van der Waals surface area (Å²) in [5, 5.41) is 0. The van der Waals surface area contributed by atoms with Gasteiger partial charge in [-0.25, -0.2) is 8.42 Å². The molecule has 0 saturated heterocycles. The number of halogens is 1. The van der Waals surface area contributed by atoms with E-state index in [1.54, 1.807) is 37.4 Å². The van der Waals surface area contributed by atoms with Gasteiger partial charge in [-0.05, 0) is 52.2 Å². The van der Waals surface area contributed by atoms with E-state index in [2.05, 4.69) is 25.6 Å². The number of sulfonamides is 1. The lowest BCUT2D eigenvalue weighted by molar-refractivity contribution is 0.600. The number of benzene rings is 1. The summed E-state index contributed by atoms with van der Waals surface area (Å²) in [6.45, 7) is 2.07. The lowest BCUT2D eigenvalue weighted by Gasteiger charge is -2.12. The van der Waals surface area contributed by atoms with Gasteiger partial charge >= 0.3 is 0 Å². The zero-order chi connectivity index (χ0) is 14.8. The molecular weight excluding hydrogens is 342 g/mol. The maximum Gasteiger partial charge on any atom is 0.263 e. The predicted molar refractivity (Wildman–Crippen MR) is 81.8 cm³/mol. The highest BCUT2D eigenvalue weighted by Gasteiger charge is 2.19. The molecular formula is C13H14BrN3O2S. The number of rotatable bonds is 4. The molecule has 0 saturated carbocycles. The van der Waals surface area contributed by atoms with Crippen LogP contribution in [0.1, 0.15) is 11.1 Å². The van der Waals surface area contributed by atoms with Crippen LogP contribution in [0, 0.1) is 6.92 Å². The van der Waals surface area contributed by atoms with Gasteiger partial charge in [0, 0.05) is 23.4 Å². The number of nitrogens with one attached hydrogen (secondary N) is 1. The van der Waals surface area contributed by atoms with Gasteiger partial charge < -0.3 is 5.73 Å². The molecule has 0 amide bonds. The fourth-order valence-corrected chi connectivity index (χ4v) is 3.81. The van der Waals surface area contributed by atoms with Gasteiger partial charge in [0.1, 0.15) is 4.90 Å². The molecule has 0 spiro atoms. The van der Waals surface area contributed by atoms with Crippen LogP contribution in [0.25, 0.3) is 0 Å². The Morgan fingerprint density at radius 3 is 2.75 bits per heavy atom. The summed E-state index contributed by atoms with van der Waals surface area (Å²) in [4.78, 5) is 4.10. The van der Waals surface area contributed by atoms with Crippen molar-refractivity contribution in [3.63, 3.8) is 0 Å². The van der Waals surface area contributed by atoms with Gasteiger partial charge in [0.15, 0.2) is 0 Å². The number of hydrogen-bond acceptors (Lipinski definition) is 4. The van der Waals surface area contributed by atoms with E-state index in [4.69, 9.17) is 5.73 Å². The Kier molecular flexibility index (Phi) is 4.42. The van der Waals surface area contributed by atoms with Crippen molar-refractivity contribution >= 4 is 31.6 Å². The molecule has 0 bridgehead atoms. The Balaban J connectivity index is 2.43. The van der Waals surface area contributed by atoms with Crippen molar-refractivity contribution in [1.29, 1.82) is 0 Å². The van der Waals surface area contributed by atoms with Gasteiger partial charge in [0.05, 0.1) is 5.69 Å². The average Bonchev–Trinajstić information content (AvgIpc) is 2.41. The van der Waals surface area contributed by atoms with Crippen LogP contribution in [0.2, 0.25) is 0 Å². The maximum absolute atomic E-state index is 12.4. The van der Waals surface area contributed by atoms with Crippen LogP contribution in [-0.4, -0.2) is 13.4 Å². The molecule has 0 atom stereocenters. The fraction of sp³-hybridized carbons (Fsp3) is 0.154. The molecule has 1 aromatic heterocycles. The maximum atomic E-state index is 12.4. The van der Waals surface area contributed by atoms with E-state index in [-0.39, 0.29) is 11.4 Å². The number of hydrogen-bond donors (Lipinski definition) is 2. The quantitative estimate of drug-likeness (QED) is 0.881. The van der Waals surface area contributed by atoms with E-state index in [1.807, 2.05) is 0 Å². The Labute approximate surface area is 126 Å². The Hall–Kier alpha value is -1.44. The second-order valence-corrected chi connectivity index (χ2v) is 6.77. The smallest absolute Gasteiger partial charge is 0.263 e. The second-order valence-electron chi connectivity index (χ2n) is 4.26. The molecule has 2 aromatic rings. The highest BCUT2D eigenvalue weighted by atomic mass is 79.9. The minimum atomic E-state index is -3.68. The normalized spacial score (nSPS) is 11.3. The standard InChI is InChI=1S/C13H14BrN3O2S/c1-9-8-16-5-4-12(9)17-20(18,19)13-6-10(7-15)2-3-11(13)14/h2-6,8H,7,15H2,1H3,(H,16,17). The molecule has 7 heteroatoms. The summed E-state index contributed by atoms with van der Waals surface area (Å²) in [5.74, 6) is 0. The summed E-state index contributed by atoms with van der Waals surface area (Å²) in [6.07, 6.45) is 3.14. The molecule has 0 aliphatic carbocycles. The third kappa shape index (κ3) is 3.17. The molecule has 0 unspecified atom stereocenters. The first-order valence-electron chi connectivity index (χ1n) is 5.86. The van der Waals surface area contributed by atoms with Crippen LogP contribution in [0.15, 0.2) is 46.0 Å². The first-order valence-corrected chi connectivity index (χ1v) is 8.13. The molecule has 1 heterocycles. The molecule has 0 aliphatic heterocycles. The molecule has 106 valence electrons. The first-order chi connectivity index (χ1) is 9.44. The highest BCUT2D eigenvalue weighted by molar-refractivity contribution is 9.10. The van der Waals surface area contributed by atoms with Crippen molar-refractivity contribution in [3.05, 3.63) is 52.3 Å². The first kappa shape index (κ1) is 15.0. The van der Waals surface area contributed by atoms with E-state index in [9.17, 15) is 8.42 Å². The zero-order valence-corrected chi connectivity index (χ0v) is 13.2. The van der Waals surface area contributed by atoms with E-state index in [0.29, 0.717) is 10.2 Å². The van der Waals surface area contributed by atoms with Crippen LogP contribution < -0.4 is 10.5 Å². The number of nitrogens with two attached hydrogens (primary N) is 1. The molecule has 5 nitrogen and oxygen atoms in total. The van der Waals surface area contributed by atoms with Gasteiger partial charge in [-0.1, -0.05) is 6.07 Å². The Morgan fingerprint density at radius 1 is 1.35 bits per heavy atom. The van der Waals surface area contributed by atoms with Crippen molar-refractivity contribution in [2.75, 3.05) is 4.72 Å². The van der Waals surface area contributed by atoms with Crippen molar-refractivity contribution < 1.29 is 8.42 Å². The lowest BCUT2D eigenvalue weighted by Crippen LogP contribution is -2.15. The van der Waals surface area contributed by atoms with E-state index >= 15 is 0 Å². The number of nitrogens with zero attached hydrogens (tertiary/aromatic N) is 1. The molecule has 0 radical (unpaired) electrons. The van der Waals surface area contributed by atoms with E-state index in [1.165, 1.54) is 6.20 Å². The highest BCUT2D eigenvalue weighted by Crippen LogP contribution is 2.26. The lowest BCUT2D eigenvalue weighted by atomic mass is 10.2. The summed E-state index contributed by atoms with van der Waals surface area (Å²) < 4.78 is 27.9. The largest absolute Gasteiger partial charge is 0.326 e. The molecule has 0 aliphatic rings. The van der Waals surface area contributed by atoms with Crippen LogP contribution in [0.3, 0.4) is 0 Å². The second kappa shape index (κ2) is 5.90. The third-order valence-corrected chi connectivity index (χ3v) is 5.14. The molecule has 2 rings (SSSR count). The Morgan fingerprint density at radius 2 is 2.10 bits per heavy atom. The van der Waals surface area contributed by atoms with E-state index < -0.39 is 10.0 Å². The van der Waals surface area contributed by atoms with Gasteiger partial charge in [-0.2, -0.15) is 0 Å². The number of aromatic nitrogens is 1. The fourth-order valence-electron chi connectivity index (χ4n) is 1.67. The topological polar surface area (TPSA) is 85.1 Å². The van der Waals surface area contributed by atoms with Crippen LogP contribution in [-0.2, 0) is 16.6 Å². The van der Waals surface area contributed by atoms with E-state index in [0.717, 1.165) is 11.1 Å². The van der Waals surface area contributed by atoms with Gasteiger partial charge in [-0.3, -0.25) is 9.71 Å². The summed E-state index contributed by atoms with van der Waals surface area (Å²) in [5.41, 5.74) is 7.56. The number of anilines is 1. The van der Waals surface area contributed by atoms with Crippen molar-refractivity contribution in [3.8, 4) is 0 Å². The van der Waals surface area contributed by atoms with Crippen LogP contribution in [0.5, 0.6) is 0 Å². The number of aryl methyl sites for hydroxylation is 1. The monoisotopic (exact) mass is 355 g/mol. The van der Waals surface area contributed by atoms with Crippen LogP contribution >= 0.6 is 15.9 Å². The Bertz CT molecular complexity index is 732. The summed E-state index contributed by atoms with van der Waals surface area (Å²) in [6, 6.07) is 6.63. The average molecular weight is 356 g/mol. The molecule has 20 heavy (non-hydrogen) atoms. The van der Waals surface area contributed by atoms with Gasteiger partial charge in [-0.15, -0.1) is 0 Å². The minimum Gasteiger partial charge on any atom is -0.326 e. The SMILES string of the molecule is Cc1cnccc1NS(=O)(=O)c1cc(CN)ccc1Br. The van der Waals surface area contributed by atoms with Crippen molar-refractivity contribution in [2.45, 2.75) is 18.4 Å². The molecule has 3 N–H and O–H groups in total. The van der Waals surface area contributed by atoms with Crippen molar-refractivity contribution in [2.24, 2.45) is 5.73 Å².